The summed E-state index contributed by atoms with van der Waals surface area (Å²) in [6.45, 7) is 2.56. The Bertz CT molecular complexity index is 368. The van der Waals surface area contributed by atoms with E-state index in [-0.39, 0.29) is 0 Å². The summed E-state index contributed by atoms with van der Waals surface area (Å²) in [5, 5.41) is 0. The lowest BCUT2D eigenvalue weighted by Crippen LogP contribution is -2.22. The maximum Gasteiger partial charge on any atom is 0.161 e. The van der Waals surface area contributed by atoms with Gasteiger partial charge in [-0.15, -0.1) is 0 Å². The van der Waals surface area contributed by atoms with E-state index in [9.17, 15) is 0 Å². The lowest BCUT2D eigenvalue weighted by molar-refractivity contribution is 0.154. The lowest BCUT2D eigenvalue weighted by Gasteiger charge is -2.20. The van der Waals surface area contributed by atoms with Crippen molar-refractivity contribution in [3.63, 3.8) is 0 Å². The molecule has 1 aromatic rings. The fraction of sp³-hybridized carbons (Fsp3) is 0.538. The second-order valence-corrected chi connectivity index (χ2v) is 4.24. The minimum atomic E-state index is 0.350. The van der Waals surface area contributed by atoms with Crippen LogP contribution in [0.2, 0.25) is 0 Å². The highest BCUT2D eigenvalue weighted by Gasteiger charge is 2.13. The van der Waals surface area contributed by atoms with Crippen molar-refractivity contribution in [1.29, 1.82) is 0 Å². The molecule has 1 unspecified atom stereocenters. The van der Waals surface area contributed by atoms with Crippen LogP contribution in [-0.4, -0.2) is 33.5 Å². The highest BCUT2D eigenvalue weighted by Crippen LogP contribution is 2.31. The molecule has 0 saturated heterocycles. The molecule has 94 valence electrons. The van der Waals surface area contributed by atoms with Crippen molar-refractivity contribution < 1.29 is 14.2 Å². The zero-order chi connectivity index (χ0) is 12.1. The molecule has 1 atom stereocenters. The summed E-state index contributed by atoms with van der Waals surface area (Å²) in [4.78, 5) is 0. The highest BCUT2D eigenvalue weighted by atomic mass is 16.6. The molecule has 0 amide bonds. The standard InChI is InChI=1S/C13H19NO3/c1-15-9-11(8-14)6-10-2-3-12-13(7-10)17-5-4-16-12/h2-3,7,11H,4-6,8-9,14H2,1H3. The fourth-order valence-electron chi connectivity index (χ4n) is 1.99. The SMILES string of the molecule is COCC(CN)Cc1ccc2c(c1)OCCO2. The van der Waals surface area contributed by atoms with Gasteiger partial charge >= 0.3 is 0 Å². The van der Waals surface area contributed by atoms with E-state index in [0.29, 0.717) is 32.3 Å². The highest BCUT2D eigenvalue weighted by molar-refractivity contribution is 5.43. The van der Waals surface area contributed by atoms with Crippen LogP contribution >= 0.6 is 0 Å². The first-order valence-corrected chi connectivity index (χ1v) is 5.91. The second-order valence-electron chi connectivity index (χ2n) is 4.24. The molecule has 4 heteroatoms. The molecule has 0 aliphatic carbocycles. The van der Waals surface area contributed by atoms with Crippen molar-refractivity contribution in [2.75, 3.05) is 33.5 Å². The van der Waals surface area contributed by atoms with Crippen LogP contribution in [0.4, 0.5) is 0 Å². The molecule has 2 N–H and O–H groups in total. The van der Waals surface area contributed by atoms with E-state index in [1.807, 2.05) is 12.1 Å². The summed E-state index contributed by atoms with van der Waals surface area (Å²) in [7, 11) is 1.70. The van der Waals surface area contributed by atoms with Crippen LogP contribution in [0.15, 0.2) is 18.2 Å². The first-order valence-electron chi connectivity index (χ1n) is 5.91. The third-order valence-corrected chi connectivity index (χ3v) is 2.87. The number of hydrogen-bond acceptors (Lipinski definition) is 4. The minimum Gasteiger partial charge on any atom is -0.486 e. The smallest absolute Gasteiger partial charge is 0.161 e. The number of ether oxygens (including phenoxy) is 3. The van der Waals surface area contributed by atoms with Crippen LogP contribution < -0.4 is 15.2 Å². The predicted octanol–water partition coefficient (Wildman–Crippen LogP) is 1.22. The van der Waals surface area contributed by atoms with Crippen LogP contribution in [0.3, 0.4) is 0 Å². The Morgan fingerprint density at radius 1 is 1.29 bits per heavy atom. The van der Waals surface area contributed by atoms with E-state index in [0.717, 1.165) is 17.9 Å². The van der Waals surface area contributed by atoms with Gasteiger partial charge in [0.05, 0.1) is 6.61 Å². The monoisotopic (exact) mass is 237 g/mol. The van der Waals surface area contributed by atoms with Gasteiger partial charge in [-0.05, 0) is 36.6 Å². The van der Waals surface area contributed by atoms with Gasteiger partial charge in [-0.1, -0.05) is 6.07 Å². The molecule has 1 aliphatic rings. The van der Waals surface area contributed by atoms with Gasteiger partial charge in [-0.25, -0.2) is 0 Å². The van der Waals surface area contributed by atoms with Gasteiger partial charge in [-0.2, -0.15) is 0 Å². The Hall–Kier alpha value is -1.26. The average Bonchev–Trinajstić information content (AvgIpc) is 2.38. The van der Waals surface area contributed by atoms with Crippen molar-refractivity contribution in [3.05, 3.63) is 23.8 Å². The van der Waals surface area contributed by atoms with E-state index in [4.69, 9.17) is 19.9 Å². The van der Waals surface area contributed by atoms with E-state index in [1.165, 1.54) is 5.56 Å². The molecule has 1 aliphatic heterocycles. The Morgan fingerprint density at radius 3 is 2.76 bits per heavy atom. The molecule has 17 heavy (non-hydrogen) atoms. The number of hydrogen-bond donors (Lipinski definition) is 1. The van der Waals surface area contributed by atoms with Gasteiger partial charge in [0.2, 0.25) is 0 Å². The van der Waals surface area contributed by atoms with Crippen LogP contribution in [0.1, 0.15) is 5.56 Å². The first-order chi connectivity index (χ1) is 8.33. The lowest BCUT2D eigenvalue weighted by atomic mass is 10.00. The van der Waals surface area contributed by atoms with Crippen LogP contribution in [0, 0.1) is 5.92 Å². The third-order valence-electron chi connectivity index (χ3n) is 2.87. The Labute approximate surface area is 102 Å². The third kappa shape index (κ3) is 3.11. The van der Waals surface area contributed by atoms with Crippen molar-refractivity contribution in [1.82, 2.24) is 0 Å². The molecule has 1 aromatic carbocycles. The zero-order valence-electron chi connectivity index (χ0n) is 10.1. The van der Waals surface area contributed by atoms with Gasteiger partial charge in [0, 0.05) is 7.11 Å². The first kappa shape index (κ1) is 12.2. The molecule has 0 bridgehead atoms. The van der Waals surface area contributed by atoms with E-state index in [1.54, 1.807) is 7.11 Å². The average molecular weight is 237 g/mol. The van der Waals surface area contributed by atoms with Gasteiger partial charge in [-0.3, -0.25) is 0 Å². The summed E-state index contributed by atoms with van der Waals surface area (Å²) < 4.78 is 16.2. The van der Waals surface area contributed by atoms with Crippen molar-refractivity contribution in [2.45, 2.75) is 6.42 Å². The van der Waals surface area contributed by atoms with Crippen LogP contribution in [0.5, 0.6) is 11.5 Å². The zero-order valence-corrected chi connectivity index (χ0v) is 10.1. The predicted molar refractivity (Wildman–Crippen MR) is 65.6 cm³/mol. The summed E-state index contributed by atoms with van der Waals surface area (Å²) in [5.41, 5.74) is 6.92. The van der Waals surface area contributed by atoms with Crippen LogP contribution in [-0.2, 0) is 11.2 Å². The maximum absolute atomic E-state index is 5.71. The van der Waals surface area contributed by atoms with E-state index >= 15 is 0 Å². The van der Waals surface area contributed by atoms with Gasteiger partial charge in [0.1, 0.15) is 13.2 Å². The molecule has 1 heterocycles. The number of benzene rings is 1. The van der Waals surface area contributed by atoms with E-state index < -0.39 is 0 Å². The second kappa shape index (κ2) is 5.89. The van der Waals surface area contributed by atoms with Crippen molar-refractivity contribution >= 4 is 0 Å². The molecule has 4 nitrogen and oxygen atoms in total. The number of nitrogens with two attached hydrogens (primary N) is 1. The molecule has 2 rings (SSSR count). The van der Waals surface area contributed by atoms with E-state index in [2.05, 4.69) is 6.07 Å². The Kier molecular flexibility index (Phi) is 4.23. The molecular weight excluding hydrogens is 218 g/mol. The van der Waals surface area contributed by atoms with Gasteiger partial charge < -0.3 is 19.9 Å². The molecule has 0 radical (unpaired) electrons. The van der Waals surface area contributed by atoms with Crippen LogP contribution in [0.25, 0.3) is 0 Å². The quantitative estimate of drug-likeness (QED) is 0.836. The Balaban J connectivity index is 2.05. The summed E-state index contributed by atoms with van der Waals surface area (Å²) >= 11 is 0. The largest absolute Gasteiger partial charge is 0.486 e. The van der Waals surface area contributed by atoms with Gasteiger partial charge in [0.15, 0.2) is 11.5 Å². The molecule has 0 fully saturated rings. The molecule has 0 saturated carbocycles. The topological polar surface area (TPSA) is 53.7 Å². The van der Waals surface area contributed by atoms with Crippen molar-refractivity contribution in [2.24, 2.45) is 11.7 Å². The summed E-state index contributed by atoms with van der Waals surface area (Å²) in [6.07, 6.45) is 0.904. The summed E-state index contributed by atoms with van der Waals surface area (Å²) in [5.74, 6) is 2.01. The molecular formula is C13H19NO3. The number of methoxy groups -OCH3 is 1. The Morgan fingerprint density at radius 2 is 2.06 bits per heavy atom. The van der Waals surface area contributed by atoms with Crippen molar-refractivity contribution in [3.8, 4) is 11.5 Å². The molecule has 0 spiro atoms. The molecule has 0 aromatic heterocycles. The maximum atomic E-state index is 5.71. The normalized spacial score (nSPS) is 15.6. The fourth-order valence-corrected chi connectivity index (χ4v) is 1.99. The number of rotatable bonds is 5. The van der Waals surface area contributed by atoms with Gasteiger partial charge in [0.25, 0.3) is 0 Å². The summed E-state index contributed by atoms with van der Waals surface area (Å²) in [6, 6.07) is 6.06. The number of fused-ring (bicyclic) bond motifs is 1. The minimum absolute atomic E-state index is 0.350.